The maximum absolute atomic E-state index is 5.40. The van der Waals surface area contributed by atoms with Crippen molar-refractivity contribution in [2.45, 2.75) is 84.8 Å². The van der Waals surface area contributed by atoms with Crippen LogP contribution in [-0.4, -0.2) is 11.7 Å². The second-order valence-corrected chi connectivity index (χ2v) is 4.95. The Morgan fingerprint density at radius 1 is 1.07 bits per heavy atom. The highest BCUT2D eigenvalue weighted by Gasteiger charge is 2.18. The Labute approximate surface area is 95.3 Å². The zero-order valence-electron chi connectivity index (χ0n) is 11.1. The average molecular weight is 216 g/mol. The lowest BCUT2D eigenvalue weighted by atomic mass is 10.1. The molecule has 0 amide bonds. The van der Waals surface area contributed by atoms with Crippen LogP contribution >= 0.6 is 0 Å². The summed E-state index contributed by atoms with van der Waals surface area (Å²) in [6.45, 7) is 10.5. The fraction of sp³-hybridized carbons (Fsp3) is 1.00. The van der Waals surface area contributed by atoms with Gasteiger partial charge in [0.2, 0.25) is 0 Å². The predicted octanol–water partition coefficient (Wildman–Crippen LogP) is 4.48. The van der Waals surface area contributed by atoms with Crippen molar-refractivity contribution in [1.82, 2.24) is 0 Å². The first-order valence-corrected chi connectivity index (χ1v) is 6.36. The van der Waals surface area contributed by atoms with Crippen molar-refractivity contribution in [2.24, 2.45) is 0 Å². The summed E-state index contributed by atoms with van der Waals surface area (Å²) in [7, 11) is 0. The van der Waals surface area contributed by atoms with Gasteiger partial charge >= 0.3 is 0 Å². The van der Waals surface area contributed by atoms with E-state index in [1.54, 1.807) is 0 Å². The minimum Gasteiger partial charge on any atom is -0.233 e. The SMILES string of the molecule is CCCCCCC(C)OOC(C)(C)CC. The van der Waals surface area contributed by atoms with Crippen molar-refractivity contribution in [3.63, 3.8) is 0 Å². The molecule has 0 aliphatic rings. The molecule has 92 valence electrons. The van der Waals surface area contributed by atoms with Crippen molar-refractivity contribution < 1.29 is 9.78 Å². The highest BCUT2D eigenvalue weighted by atomic mass is 17.2. The van der Waals surface area contributed by atoms with Gasteiger partial charge in [-0.25, -0.2) is 9.78 Å². The summed E-state index contributed by atoms with van der Waals surface area (Å²) in [5, 5.41) is 0. The van der Waals surface area contributed by atoms with E-state index in [1.165, 1.54) is 25.7 Å². The fourth-order valence-corrected chi connectivity index (χ4v) is 1.18. The van der Waals surface area contributed by atoms with Crippen LogP contribution in [0.2, 0.25) is 0 Å². The zero-order chi connectivity index (χ0) is 11.7. The van der Waals surface area contributed by atoms with E-state index in [1.807, 2.05) is 0 Å². The minimum absolute atomic E-state index is 0.155. The second kappa shape index (κ2) is 8.12. The summed E-state index contributed by atoms with van der Waals surface area (Å²) in [6.07, 6.45) is 7.44. The Bertz CT molecular complexity index is 143. The molecule has 2 nitrogen and oxygen atoms in total. The van der Waals surface area contributed by atoms with Gasteiger partial charge in [-0.2, -0.15) is 0 Å². The highest BCUT2D eigenvalue weighted by Crippen LogP contribution is 2.16. The van der Waals surface area contributed by atoms with Crippen LogP contribution in [0.25, 0.3) is 0 Å². The Morgan fingerprint density at radius 2 is 1.73 bits per heavy atom. The predicted molar refractivity (Wildman–Crippen MR) is 64.8 cm³/mol. The molecule has 0 radical (unpaired) electrons. The fourth-order valence-electron chi connectivity index (χ4n) is 1.18. The molecule has 0 saturated carbocycles. The molecule has 0 aromatic carbocycles. The molecule has 1 atom stereocenters. The molecule has 0 spiro atoms. The van der Waals surface area contributed by atoms with Gasteiger partial charge in [0.25, 0.3) is 0 Å². The van der Waals surface area contributed by atoms with Gasteiger partial charge in [0.15, 0.2) is 0 Å². The topological polar surface area (TPSA) is 18.5 Å². The van der Waals surface area contributed by atoms with Crippen LogP contribution in [0.4, 0.5) is 0 Å². The highest BCUT2D eigenvalue weighted by molar-refractivity contribution is 4.62. The standard InChI is InChI=1S/C13H28O2/c1-6-8-9-10-11-12(3)14-15-13(4,5)7-2/h12H,6-11H2,1-5H3. The van der Waals surface area contributed by atoms with Gasteiger partial charge in [0.1, 0.15) is 0 Å². The van der Waals surface area contributed by atoms with Crippen LogP contribution in [0.5, 0.6) is 0 Å². The molecule has 0 aliphatic heterocycles. The van der Waals surface area contributed by atoms with Crippen LogP contribution in [-0.2, 0) is 9.78 Å². The summed E-state index contributed by atoms with van der Waals surface area (Å²) in [5.41, 5.74) is -0.155. The van der Waals surface area contributed by atoms with E-state index in [-0.39, 0.29) is 11.7 Å². The van der Waals surface area contributed by atoms with E-state index in [0.717, 1.165) is 12.8 Å². The summed E-state index contributed by atoms with van der Waals surface area (Å²) in [5.74, 6) is 0. The van der Waals surface area contributed by atoms with Gasteiger partial charge in [-0.3, -0.25) is 0 Å². The summed E-state index contributed by atoms with van der Waals surface area (Å²) in [6, 6.07) is 0. The summed E-state index contributed by atoms with van der Waals surface area (Å²) in [4.78, 5) is 10.8. The number of hydrogen-bond acceptors (Lipinski definition) is 2. The lowest BCUT2D eigenvalue weighted by Crippen LogP contribution is -2.25. The molecule has 0 heterocycles. The van der Waals surface area contributed by atoms with Gasteiger partial charge in [-0.15, -0.1) is 0 Å². The van der Waals surface area contributed by atoms with Crippen LogP contribution in [0.3, 0.4) is 0 Å². The van der Waals surface area contributed by atoms with Crippen molar-refractivity contribution in [3.05, 3.63) is 0 Å². The normalized spacial score (nSPS) is 14.2. The van der Waals surface area contributed by atoms with Crippen molar-refractivity contribution in [1.29, 1.82) is 0 Å². The Balaban J connectivity index is 3.44. The molecule has 0 aromatic rings. The minimum atomic E-state index is -0.155. The molecule has 0 aromatic heterocycles. The van der Waals surface area contributed by atoms with E-state index in [4.69, 9.17) is 9.78 Å². The zero-order valence-corrected chi connectivity index (χ0v) is 11.1. The molecule has 0 rings (SSSR count). The second-order valence-electron chi connectivity index (χ2n) is 4.95. The summed E-state index contributed by atoms with van der Waals surface area (Å²) >= 11 is 0. The summed E-state index contributed by atoms with van der Waals surface area (Å²) < 4.78 is 0. The van der Waals surface area contributed by atoms with Crippen LogP contribution in [0, 0.1) is 0 Å². The first kappa shape index (κ1) is 14.9. The van der Waals surface area contributed by atoms with E-state index in [2.05, 4.69) is 34.6 Å². The first-order chi connectivity index (χ1) is 7.02. The Morgan fingerprint density at radius 3 is 2.27 bits per heavy atom. The third-order valence-corrected chi connectivity index (χ3v) is 2.75. The Hall–Kier alpha value is -0.0800. The molecule has 0 fully saturated rings. The van der Waals surface area contributed by atoms with Crippen LogP contribution < -0.4 is 0 Å². The third kappa shape index (κ3) is 8.88. The van der Waals surface area contributed by atoms with Crippen molar-refractivity contribution in [2.75, 3.05) is 0 Å². The van der Waals surface area contributed by atoms with Gasteiger partial charge in [0, 0.05) is 0 Å². The molecule has 2 heteroatoms. The van der Waals surface area contributed by atoms with E-state index >= 15 is 0 Å². The molecule has 0 N–H and O–H groups in total. The van der Waals surface area contributed by atoms with Crippen molar-refractivity contribution in [3.8, 4) is 0 Å². The Kier molecular flexibility index (Phi) is 8.07. The quantitative estimate of drug-likeness (QED) is 0.321. The van der Waals surface area contributed by atoms with Crippen LogP contribution in [0.15, 0.2) is 0 Å². The third-order valence-electron chi connectivity index (χ3n) is 2.75. The molecule has 0 aliphatic carbocycles. The smallest absolute Gasteiger partial charge is 0.0977 e. The average Bonchev–Trinajstić information content (AvgIpc) is 2.22. The molecule has 0 saturated heterocycles. The monoisotopic (exact) mass is 216 g/mol. The van der Waals surface area contributed by atoms with Gasteiger partial charge in [0.05, 0.1) is 11.7 Å². The van der Waals surface area contributed by atoms with Gasteiger partial charge in [-0.1, -0.05) is 39.5 Å². The van der Waals surface area contributed by atoms with E-state index in [0.29, 0.717) is 0 Å². The van der Waals surface area contributed by atoms with E-state index < -0.39 is 0 Å². The molecule has 1 unspecified atom stereocenters. The first-order valence-electron chi connectivity index (χ1n) is 6.36. The molecular formula is C13H28O2. The number of rotatable bonds is 9. The lowest BCUT2D eigenvalue weighted by molar-refractivity contribution is -0.375. The molecule has 15 heavy (non-hydrogen) atoms. The number of hydrogen-bond donors (Lipinski definition) is 0. The number of unbranched alkanes of at least 4 members (excludes halogenated alkanes) is 3. The lowest BCUT2D eigenvalue weighted by Gasteiger charge is -2.24. The largest absolute Gasteiger partial charge is 0.233 e. The maximum Gasteiger partial charge on any atom is 0.0977 e. The molecule has 0 bridgehead atoms. The van der Waals surface area contributed by atoms with E-state index in [9.17, 15) is 0 Å². The van der Waals surface area contributed by atoms with Crippen molar-refractivity contribution >= 4 is 0 Å². The van der Waals surface area contributed by atoms with Crippen LogP contribution in [0.1, 0.15) is 73.1 Å². The van der Waals surface area contributed by atoms with Gasteiger partial charge < -0.3 is 0 Å². The maximum atomic E-state index is 5.40. The molecular weight excluding hydrogens is 188 g/mol. The van der Waals surface area contributed by atoms with Gasteiger partial charge in [-0.05, 0) is 33.6 Å².